The zero-order chi connectivity index (χ0) is 8.55. The first-order valence-electron chi connectivity index (χ1n) is 3.72. The van der Waals surface area contributed by atoms with Gasteiger partial charge in [0, 0.05) is 6.07 Å². The van der Waals surface area contributed by atoms with Crippen LogP contribution in [0.2, 0.25) is 0 Å². The first-order chi connectivity index (χ1) is 5.79. The van der Waals surface area contributed by atoms with Gasteiger partial charge in [-0.2, -0.15) is 4.73 Å². The lowest BCUT2D eigenvalue weighted by atomic mass is 10.2. The Kier molecular flexibility index (Phi) is 1.43. The van der Waals surface area contributed by atoms with Gasteiger partial charge in [0.1, 0.15) is 5.52 Å². The zero-order valence-electron chi connectivity index (χ0n) is 6.69. The topological polar surface area (TPSA) is 39.8 Å². The van der Waals surface area contributed by atoms with Crippen molar-refractivity contribution in [1.29, 1.82) is 0 Å². The quantitative estimate of drug-likeness (QED) is 0.428. The lowest BCUT2D eigenvalue weighted by Crippen LogP contribution is -2.26. The second-order valence-corrected chi connectivity index (χ2v) is 2.70. The molecule has 12 heavy (non-hydrogen) atoms. The molecule has 3 nitrogen and oxygen atoms in total. The minimum Gasteiger partial charge on any atom is -0.618 e. The summed E-state index contributed by atoms with van der Waals surface area (Å²) in [5.41, 5.74) is 2.42. The molecule has 0 N–H and O–H groups in total. The van der Waals surface area contributed by atoms with E-state index >= 15 is 0 Å². The summed E-state index contributed by atoms with van der Waals surface area (Å²) in [4.78, 5) is 4.12. The molecular formula is C9H8N2O. The van der Waals surface area contributed by atoms with Gasteiger partial charge in [-0.15, -0.1) is 0 Å². The summed E-state index contributed by atoms with van der Waals surface area (Å²) in [6, 6.07) is 5.56. The normalized spacial score (nSPS) is 10.4. The van der Waals surface area contributed by atoms with E-state index in [1.54, 1.807) is 6.07 Å². The van der Waals surface area contributed by atoms with Gasteiger partial charge in [-0.05, 0) is 12.5 Å². The summed E-state index contributed by atoms with van der Waals surface area (Å²) < 4.78 is 0.829. The van der Waals surface area contributed by atoms with Crippen molar-refractivity contribution in [2.45, 2.75) is 6.92 Å². The molecular weight excluding hydrogens is 152 g/mol. The lowest BCUT2D eigenvalue weighted by Gasteiger charge is -2.00. The second-order valence-electron chi connectivity index (χ2n) is 2.70. The van der Waals surface area contributed by atoms with Gasteiger partial charge in [0.15, 0.2) is 6.20 Å². The van der Waals surface area contributed by atoms with E-state index in [9.17, 15) is 5.21 Å². The van der Waals surface area contributed by atoms with Crippen molar-refractivity contribution in [3.63, 3.8) is 0 Å². The highest BCUT2D eigenvalue weighted by atomic mass is 16.5. The molecule has 0 atom stereocenters. The molecule has 0 aliphatic heterocycles. The predicted octanol–water partition coefficient (Wildman–Crippen LogP) is 1.18. The molecule has 0 bridgehead atoms. The van der Waals surface area contributed by atoms with E-state index < -0.39 is 0 Å². The van der Waals surface area contributed by atoms with Gasteiger partial charge in [-0.25, -0.2) is 4.98 Å². The fourth-order valence-corrected chi connectivity index (χ4v) is 1.24. The zero-order valence-corrected chi connectivity index (χ0v) is 6.69. The molecule has 1 heterocycles. The maximum absolute atomic E-state index is 11.2. The highest BCUT2D eigenvalue weighted by Crippen LogP contribution is 2.10. The lowest BCUT2D eigenvalue weighted by molar-refractivity contribution is -0.577. The third kappa shape index (κ3) is 0.906. The Labute approximate surface area is 69.9 Å². The molecule has 0 amide bonds. The Morgan fingerprint density at radius 2 is 2.25 bits per heavy atom. The SMILES string of the molecule is Cc1cccc2c1ncc[n+]2[O-]. The van der Waals surface area contributed by atoms with Gasteiger partial charge in [0.05, 0.1) is 6.20 Å². The van der Waals surface area contributed by atoms with Crippen LogP contribution < -0.4 is 4.73 Å². The molecule has 2 rings (SSSR count). The van der Waals surface area contributed by atoms with Crippen molar-refractivity contribution in [2.24, 2.45) is 0 Å². The molecule has 3 heteroatoms. The Balaban J connectivity index is 2.94. The highest BCUT2D eigenvalue weighted by Gasteiger charge is 2.04. The van der Waals surface area contributed by atoms with Crippen molar-refractivity contribution in [3.8, 4) is 0 Å². The van der Waals surface area contributed by atoms with E-state index in [0.717, 1.165) is 15.8 Å². The largest absolute Gasteiger partial charge is 0.618 e. The maximum atomic E-state index is 11.2. The maximum Gasteiger partial charge on any atom is 0.242 e. The van der Waals surface area contributed by atoms with Gasteiger partial charge in [-0.3, -0.25) is 0 Å². The summed E-state index contributed by atoms with van der Waals surface area (Å²) in [6.07, 6.45) is 2.92. The second kappa shape index (κ2) is 2.44. The molecule has 60 valence electrons. The van der Waals surface area contributed by atoms with E-state index in [-0.39, 0.29) is 0 Å². The monoisotopic (exact) mass is 160 g/mol. The molecule has 1 aromatic heterocycles. The number of hydrogen-bond acceptors (Lipinski definition) is 2. The van der Waals surface area contributed by atoms with E-state index in [1.165, 1.54) is 12.4 Å². The van der Waals surface area contributed by atoms with Crippen LogP contribution in [0, 0.1) is 12.1 Å². The van der Waals surface area contributed by atoms with E-state index in [1.807, 2.05) is 19.1 Å². The first-order valence-corrected chi connectivity index (χ1v) is 3.72. The number of para-hydroxylation sites is 1. The highest BCUT2D eigenvalue weighted by molar-refractivity contribution is 5.74. The molecule has 0 aliphatic carbocycles. The summed E-state index contributed by atoms with van der Waals surface area (Å²) in [5, 5.41) is 11.2. The molecule has 1 aromatic carbocycles. The van der Waals surface area contributed by atoms with Crippen molar-refractivity contribution in [1.82, 2.24) is 4.98 Å². The van der Waals surface area contributed by atoms with Crippen molar-refractivity contribution >= 4 is 11.0 Å². The van der Waals surface area contributed by atoms with E-state index in [4.69, 9.17) is 0 Å². The van der Waals surface area contributed by atoms with Gasteiger partial charge >= 0.3 is 0 Å². The Bertz CT molecular complexity index is 385. The number of hydrogen-bond donors (Lipinski definition) is 0. The third-order valence-corrected chi connectivity index (χ3v) is 1.86. The first kappa shape index (κ1) is 7.03. The number of aromatic nitrogens is 2. The summed E-state index contributed by atoms with van der Waals surface area (Å²) in [5.74, 6) is 0. The summed E-state index contributed by atoms with van der Waals surface area (Å²) >= 11 is 0. The molecule has 0 fully saturated rings. The Morgan fingerprint density at radius 3 is 3.00 bits per heavy atom. The van der Waals surface area contributed by atoms with Crippen molar-refractivity contribution in [3.05, 3.63) is 41.4 Å². The molecule has 0 radical (unpaired) electrons. The average molecular weight is 160 g/mol. The standard InChI is InChI=1S/C9H8N2O/c1-7-3-2-4-8-9(7)10-5-6-11(8)12/h2-6H,1H3. The number of rotatable bonds is 0. The fourth-order valence-electron chi connectivity index (χ4n) is 1.24. The van der Waals surface area contributed by atoms with Crippen LogP contribution in [0.25, 0.3) is 11.0 Å². The van der Waals surface area contributed by atoms with Crippen LogP contribution in [0.5, 0.6) is 0 Å². The molecule has 0 spiro atoms. The molecule has 2 aromatic rings. The van der Waals surface area contributed by atoms with Crippen LogP contribution >= 0.6 is 0 Å². The molecule has 0 saturated carbocycles. The van der Waals surface area contributed by atoms with Crippen LogP contribution in [-0.4, -0.2) is 4.98 Å². The third-order valence-electron chi connectivity index (χ3n) is 1.86. The summed E-state index contributed by atoms with van der Waals surface area (Å²) in [6.45, 7) is 1.94. The average Bonchev–Trinajstić information content (AvgIpc) is 2.07. The van der Waals surface area contributed by atoms with E-state index in [2.05, 4.69) is 4.98 Å². The van der Waals surface area contributed by atoms with Gasteiger partial charge in [0.2, 0.25) is 5.52 Å². The predicted molar refractivity (Wildman–Crippen MR) is 45.4 cm³/mol. The van der Waals surface area contributed by atoms with Crippen LogP contribution in [-0.2, 0) is 0 Å². The fraction of sp³-hybridized carbons (Fsp3) is 0.111. The number of aryl methyl sites for hydroxylation is 1. The molecule has 0 unspecified atom stereocenters. The van der Waals surface area contributed by atoms with Crippen LogP contribution in [0.4, 0.5) is 0 Å². The van der Waals surface area contributed by atoms with E-state index in [0.29, 0.717) is 5.52 Å². The Hall–Kier alpha value is -1.64. The Morgan fingerprint density at radius 1 is 1.42 bits per heavy atom. The van der Waals surface area contributed by atoms with Crippen molar-refractivity contribution in [2.75, 3.05) is 0 Å². The minimum absolute atomic E-state index is 0.623. The van der Waals surface area contributed by atoms with Gasteiger partial charge < -0.3 is 5.21 Å². The minimum atomic E-state index is 0.623. The molecule has 0 aliphatic rings. The van der Waals surface area contributed by atoms with Crippen LogP contribution in [0.3, 0.4) is 0 Å². The van der Waals surface area contributed by atoms with Gasteiger partial charge in [0.25, 0.3) is 0 Å². The molecule has 0 saturated heterocycles. The number of benzene rings is 1. The number of fused-ring (bicyclic) bond motifs is 1. The smallest absolute Gasteiger partial charge is 0.242 e. The van der Waals surface area contributed by atoms with Crippen molar-refractivity contribution < 1.29 is 4.73 Å². The number of nitrogens with zero attached hydrogens (tertiary/aromatic N) is 2. The van der Waals surface area contributed by atoms with Gasteiger partial charge in [-0.1, -0.05) is 12.1 Å². The van der Waals surface area contributed by atoms with Crippen LogP contribution in [0.1, 0.15) is 5.56 Å². The van der Waals surface area contributed by atoms with Crippen LogP contribution in [0.15, 0.2) is 30.6 Å². The summed E-state index contributed by atoms with van der Waals surface area (Å²) in [7, 11) is 0.